The van der Waals surface area contributed by atoms with Crippen LogP contribution in [0.15, 0.2) is 42.2 Å². The van der Waals surface area contributed by atoms with Crippen LogP contribution in [0.3, 0.4) is 0 Å². The van der Waals surface area contributed by atoms with Crippen LogP contribution in [0.2, 0.25) is 0 Å². The smallest absolute Gasteiger partial charge is 0.257 e. The van der Waals surface area contributed by atoms with Gasteiger partial charge < -0.3 is 9.84 Å². The van der Waals surface area contributed by atoms with E-state index in [9.17, 15) is 9.90 Å². The Balaban J connectivity index is 2.31. The molecule has 15 heavy (non-hydrogen) atoms. The van der Waals surface area contributed by atoms with E-state index in [-0.39, 0.29) is 11.7 Å². The normalized spacial score (nSPS) is 20.4. The van der Waals surface area contributed by atoms with Crippen LogP contribution in [0.5, 0.6) is 0 Å². The Bertz CT molecular complexity index is 400. The predicted octanol–water partition coefficient (Wildman–Crippen LogP) is 0.882. The molecule has 0 aliphatic carbocycles. The number of aliphatic hydroxyl groups is 1. The largest absolute Gasteiger partial charge is 0.496 e. The molecule has 78 valence electrons. The van der Waals surface area contributed by atoms with Crippen molar-refractivity contribution in [3.8, 4) is 0 Å². The minimum atomic E-state index is -1.02. The number of benzene rings is 1. The van der Waals surface area contributed by atoms with Gasteiger partial charge in [-0.1, -0.05) is 18.2 Å². The lowest BCUT2D eigenvalue weighted by molar-refractivity contribution is -0.114. The van der Waals surface area contributed by atoms with Crippen LogP contribution >= 0.6 is 0 Å². The second-order valence-corrected chi connectivity index (χ2v) is 3.17. The molecule has 1 N–H and O–H groups in total. The number of carbonyl (C=O) groups is 1. The van der Waals surface area contributed by atoms with Crippen molar-refractivity contribution in [3.63, 3.8) is 0 Å². The molecule has 1 unspecified atom stereocenters. The van der Waals surface area contributed by atoms with E-state index in [0.29, 0.717) is 5.69 Å². The number of methoxy groups -OCH3 is 1. The fourth-order valence-corrected chi connectivity index (χ4v) is 1.53. The maximum absolute atomic E-state index is 11.6. The lowest BCUT2D eigenvalue weighted by atomic mass is 10.3. The summed E-state index contributed by atoms with van der Waals surface area (Å²) in [5, 5.41) is 9.78. The molecule has 4 nitrogen and oxygen atoms in total. The van der Waals surface area contributed by atoms with Gasteiger partial charge in [0.15, 0.2) is 12.0 Å². The Kier molecular flexibility index (Phi) is 2.43. The summed E-state index contributed by atoms with van der Waals surface area (Å²) < 4.78 is 4.89. The fourth-order valence-electron chi connectivity index (χ4n) is 1.53. The molecule has 1 amide bonds. The number of nitrogens with zero attached hydrogens (tertiary/aromatic N) is 1. The van der Waals surface area contributed by atoms with E-state index >= 15 is 0 Å². The SMILES string of the molecule is COC1=CC(=O)N(c2ccccc2)C1O. The molecule has 0 aromatic heterocycles. The van der Waals surface area contributed by atoms with Gasteiger partial charge in [-0.15, -0.1) is 0 Å². The second-order valence-electron chi connectivity index (χ2n) is 3.17. The summed E-state index contributed by atoms with van der Waals surface area (Å²) in [5.41, 5.74) is 0.651. The van der Waals surface area contributed by atoms with Crippen LogP contribution in [-0.4, -0.2) is 24.4 Å². The van der Waals surface area contributed by atoms with Crippen molar-refractivity contribution < 1.29 is 14.6 Å². The van der Waals surface area contributed by atoms with Crippen LogP contribution in [0.25, 0.3) is 0 Å². The number of hydrogen-bond acceptors (Lipinski definition) is 3. The van der Waals surface area contributed by atoms with Gasteiger partial charge in [0.1, 0.15) is 0 Å². The molecule has 2 rings (SSSR count). The van der Waals surface area contributed by atoms with Crippen molar-refractivity contribution in [2.45, 2.75) is 6.23 Å². The van der Waals surface area contributed by atoms with E-state index in [4.69, 9.17) is 4.74 Å². The first-order chi connectivity index (χ1) is 7.24. The molecule has 0 bridgehead atoms. The molecule has 0 saturated carbocycles. The lowest BCUT2D eigenvalue weighted by Crippen LogP contribution is -2.35. The molecule has 1 aliphatic heterocycles. The van der Waals surface area contributed by atoms with Crippen LogP contribution in [-0.2, 0) is 9.53 Å². The Labute approximate surface area is 87.4 Å². The molecule has 1 aliphatic rings. The van der Waals surface area contributed by atoms with Crippen LogP contribution in [0.4, 0.5) is 5.69 Å². The van der Waals surface area contributed by atoms with Crippen molar-refractivity contribution >= 4 is 11.6 Å². The first-order valence-corrected chi connectivity index (χ1v) is 4.56. The van der Waals surface area contributed by atoms with E-state index in [1.807, 2.05) is 6.07 Å². The minimum Gasteiger partial charge on any atom is -0.496 e. The van der Waals surface area contributed by atoms with Gasteiger partial charge in [-0.05, 0) is 12.1 Å². The van der Waals surface area contributed by atoms with Crippen molar-refractivity contribution in [1.82, 2.24) is 0 Å². The zero-order chi connectivity index (χ0) is 10.8. The highest BCUT2D eigenvalue weighted by Gasteiger charge is 2.33. The number of ether oxygens (including phenoxy) is 1. The summed E-state index contributed by atoms with van der Waals surface area (Å²) in [6.07, 6.45) is 0.266. The Morgan fingerprint density at radius 1 is 1.33 bits per heavy atom. The zero-order valence-corrected chi connectivity index (χ0v) is 8.25. The molecule has 4 heteroatoms. The minimum absolute atomic E-state index is 0.267. The third kappa shape index (κ3) is 1.59. The van der Waals surface area contributed by atoms with E-state index in [2.05, 4.69) is 0 Å². The maximum Gasteiger partial charge on any atom is 0.257 e. The van der Waals surface area contributed by atoms with E-state index in [0.717, 1.165) is 0 Å². The summed E-state index contributed by atoms with van der Waals surface area (Å²) in [5.74, 6) is -0.00518. The number of carbonyl (C=O) groups excluding carboxylic acids is 1. The first kappa shape index (κ1) is 9.73. The molecular formula is C11H11NO3. The topological polar surface area (TPSA) is 49.8 Å². The van der Waals surface area contributed by atoms with Gasteiger partial charge in [-0.25, -0.2) is 0 Å². The Hall–Kier alpha value is -1.81. The van der Waals surface area contributed by atoms with E-state index in [1.54, 1.807) is 24.3 Å². The van der Waals surface area contributed by atoms with Crippen LogP contribution in [0.1, 0.15) is 0 Å². The van der Waals surface area contributed by atoms with Gasteiger partial charge in [0.25, 0.3) is 5.91 Å². The number of anilines is 1. The Morgan fingerprint density at radius 2 is 2.00 bits per heavy atom. The lowest BCUT2D eigenvalue weighted by Gasteiger charge is -2.21. The molecule has 1 aromatic carbocycles. The number of para-hydroxylation sites is 1. The third-order valence-corrected chi connectivity index (χ3v) is 2.27. The molecule has 0 spiro atoms. The zero-order valence-electron chi connectivity index (χ0n) is 8.25. The van der Waals surface area contributed by atoms with E-state index in [1.165, 1.54) is 18.1 Å². The van der Waals surface area contributed by atoms with Gasteiger partial charge >= 0.3 is 0 Å². The Morgan fingerprint density at radius 3 is 2.53 bits per heavy atom. The van der Waals surface area contributed by atoms with Crippen LogP contribution < -0.4 is 4.90 Å². The van der Waals surface area contributed by atoms with Gasteiger partial charge in [-0.3, -0.25) is 9.69 Å². The molecule has 1 aromatic rings. The summed E-state index contributed by atoms with van der Waals surface area (Å²) in [7, 11) is 1.43. The number of amides is 1. The standard InChI is InChI=1S/C11H11NO3/c1-15-9-7-10(13)12(11(9)14)8-5-3-2-4-6-8/h2-7,11,14H,1H3. The maximum atomic E-state index is 11.6. The van der Waals surface area contributed by atoms with Crippen molar-refractivity contribution in [1.29, 1.82) is 0 Å². The van der Waals surface area contributed by atoms with Gasteiger partial charge in [0.05, 0.1) is 7.11 Å². The summed E-state index contributed by atoms with van der Waals surface area (Å²) in [6.45, 7) is 0. The highest BCUT2D eigenvalue weighted by atomic mass is 16.5. The summed E-state index contributed by atoms with van der Waals surface area (Å²) in [6, 6.07) is 8.97. The molecule has 1 heterocycles. The quantitative estimate of drug-likeness (QED) is 0.779. The summed E-state index contributed by atoms with van der Waals surface area (Å²) >= 11 is 0. The van der Waals surface area contributed by atoms with Gasteiger partial charge in [0, 0.05) is 11.8 Å². The molecule has 0 fully saturated rings. The van der Waals surface area contributed by atoms with E-state index < -0.39 is 6.23 Å². The van der Waals surface area contributed by atoms with Crippen molar-refractivity contribution in [2.24, 2.45) is 0 Å². The average molecular weight is 205 g/mol. The highest BCUT2D eigenvalue weighted by molar-refractivity contribution is 6.05. The predicted molar refractivity (Wildman–Crippen MR) is 55.0 cm³/mol. The molecule has 0 radical (unpaired) electrons. The van der Waals surface area contributed by atoms with Gasteiger partial charge in [0.2, 0.25) is 0 Å². The van der Waals surface area contributed by atoms with Crippen LogP contribution in [0, 0.1) is 0 Å². The summed E-state index contributed by atoms with van der Waals surface area (Å²) in [4.78, 5) is 12.8. The van der Waals surface area contributed by atoms with Crippen molar-refractivity contribution in [3.05, 3.63) is 42.2 Å². The number of aliphatic hydroxyl groups excluding tert-OH is 1. The second kappa shape index (κ2) is 3.74. The molecule has 0 saturated heterocycles. The van der Waals surface area contributed by atoms with Crippen molar-refractivity contribution in [2.75, 3.05) is 12.0 Å². The fraction of sp³-hybridized carbons (Fsp3) is 0.182. The highest BCUT2D eigenvalue weighted by Crippen LogP contribution is 2.25. The third-order valence-electron chi connectivity index (χ3n) is 2.27. The monoisotopic (exact) mass is 205 g/mol. The molecule has 1 atom stereocenters. The molecular weight excluding hydrogens is 194 g/mol. The average Bonchev–Trinajstić information content (AvgIpc) is 2.55. The number of rotatable bonds is 2. The van der Waals surface area contributed by atoms with Gasteiger partial charge in [-0.2, -0.15) is 0 Å². The number of hydrogen-bond donors (Lipinski definition) is 1. The first-order valence-electron chi connectivity index (χ1n) is 4.56.